The first-order valence-electron chi connectivity index (χ1n) is 6.91. The average molecular weight is 310 g/mol. The van der Waals surface area contributed by atoms with Crippen LogP contribution in [0.25, 0.3) is 0 Å². The molecule has 2 rings (SSSR count). The summed E-state index contributed by atoms with van der Waals surface area (Å²) in [5.41, 5.74) is -2.67. The van der Waals surface area contributed by atoms with Crippen LogP contribution in [0.15, 0.2) is 48.5 Å². The first-order chi connectivity index (χ1) is 10.3. The Hall–Kier alpha value is -2.01. The Morgan fingerprint density at radius 1 is 1.00 bits per heavy atom. The van der Waals surface area contributed by atoms with Crippen LogP contribution in [0.3, 0.4) is 0 Å². The monoisotopic (exact) mass is 310 g/mol. The number of para-hydroxylation sites is 1. The Balaban J connectivity index is 2.34. The van der Waals surface area contributed by atoms with Crippen LogP contribution in [-0.2, 0) is 5.60 Å². The number of aryl methyl sites for hydroxylation is 1. The third kappa shape index (κ3) is 3.09. The predicted molar refractivity (Wildman–Crippen MR) is 77.9 cm³/mol. The molecule has 0 aliphatic carbocycles. The maximum Gasteiger partial charge on any atom is 0.421 e. The standard InChI is InChI=1S/C17H17F3O2/c1-3-16(21,17(18,19)20)15-10-9-14(11-12(15)2)22-13-7-5-4-6-8-13/h4-11,21H,3H2,1-2H3. The highest BCUT2D eigenvalue weighted by atomic mass is 19.4. The number of halogens is 3. The molecule has 0 aliphatic heterocycles. The highest BCUT2D eigenvalue weighted by Crippen LogP contribution is 2.43. The molecule has 2 aromatic rings. The van der Waals surface area contributed by atoms with E-state index in [2.05, 4.69) is 0 Å². The minimum atomic E-state index is -4.73. The van der Waals surface area contributed by atoms with Gasteiger partial charge in [-0.3, -0.25) is 0 Å². The number of alkyl halides is 3. The van der Waals surface area contributed by atoms with E-state index in [1.54, 1.807) is 24.3 Å². The van der Waals surface area contributed by atoms with Gasteiger partial charge < -0.3 is 9.84 Å². The van der Waals surface area contributed by atoms with Crippen LogP contribution in [0.1, 0.15) is 24.5 Å². The van der Waals surface area contributed by atoms with Crippen LogP contribution in [0, 0.1) is 6.92 Å². The van der Waals surface area contributed by atoms with Crippen LogP contribution in [-0.4, -0.2) is 11.3 Å². The van der Waals surface area contributed by atoms with E-state index in [0.29, 0.717) is 17.1 Å². The molecule has 1 N–H and O–H groups in total. The number of ether oxygens (including phenoxy) is 1. The smallest absolute Gasteiger partial charge is 0.421 e. The van der Waals surface area contributed by atoms with Gasteiger partial charge in [0, 0.05) is 0 Å². The Morgan fingerprint density at radius 3 is 2.14 bits per heavy atom. The van der Waals surface area contributed by atoms with Gasteiger partial charge in [0.05, 0.1) is 0 Å². The molecule has 0 amide bonds. The van der Waals surface area contributed by atoms with Crippen LogP contribution in [0.5, 0.6) is 11.5 Å². The Morgan fingerprint density at radius 2 is 1.64 bits per heavy atom. The van der Waals surface area contributed by atoms with Gasteiger partial charge in [0.2, 0.25) is 0 Å². The molecule has 0 saturated heterocycles. The van der Waals surface area contributed by atoms with Crippen molar-refractivity contribution in [3.05, 3.63) is 59.7 Å². The minimum Gasteiger partial charge on any atom is -0.457 e. The lowest BCUT2D eigenvalue weighted by Crippen LogP contribution is -2.42. The third-order valence-corrected chi connectivity index (χ3v) is 3.60. The molecule has 118 valence electrons. The van der Waals surface area contributed by atoms with Crippen molar-refractivity contribution >= 4 is 0 Å². The Kier molecular flexibility index (Phi) is 4.47. The van der Waals surface area contributed by atoms with Gasteiger partial charge in [-0.1, -0.05) is 31.2 Å². The van der Waals surface area contributed by atoms with Crippen molar-refractivity contribution in [3.63, 3.8) is 0 Å². The molecule has 2 nitrogen and oxygen atoms in total. The van der Waals surface area contributed by atoms with Crippen molar-refractivity contribution in [2.45, 2.75) is 32.0 Å². The largest absolute Gasteiger partial charge is 0.457 e. The molecule has 0 aromatic heterocycles. The zero-order chi connectivity index (χ0) is 16.4. The van der Waals surface area contributed by atoms with Gasteiger partial charge in [0.1, 0.15) is 11.5 Å². The summed E-state index contributed by atoms with van der Waals surface area (Å²) < 4.78 is 45.0. The molecule has 0 spiro atoms. The van der Waals surface area contributed by atoms with Crippen molar-refractivity contribution in [2.75, 3.05) is 0 Å². The maximum atomic E-state index is 13.1. The van der Waals surface area contributed by atoms with Gasteiger partial charge >= 0.3 is 6.18 Å². The normalized spacial score (nSPS) is 14.5. The molecular weight excluding hydrogens is 293 g/mol. The second kappa shape index (κ2) is 6.01. The van der Waals surface area contributed by atoms with Crippen molar-refractivity contribution in [1.29, 1.82) is 0 Å². The highest BCUT2D eigenvalue weighted by Gasteiger charge is 2.54. The maximum absolute atomic E-state index is 13.1. The van der Waals surface area contributed by atoms with Crippen LogP contribution in [0.4, 0.5) is 13.2 Å². The van der Waals surface area contributed by atoms with Crippen molar-refractivity contribution < 1.29 is 23.0 Å². The third-order valence-electron chi connectivity index (χ3n) is 3.60. The summed E-state index contributed by atoms with van der Waals surface area (Å²) in [6, 6.07) is 13.1. The molecule has 0 heterocycles. The van der Waals surface area contributed by atoms with Gasteiger partial charge in [0.25, 0.3) is 0 Å². The number of benzene rings is 2. The lowest BCUT2D eigenvalue weighted by Gasteiger charge is -2.31. The quantitative estimate of drug-likeness (QED) is 0.866. The summed E-state index contributed by atoms with van der Waals surface area (Å²) in [5.74, 6) is 1.02. The summed E-state index contributed by atoms with van der Waals surface area (Å²) >= 11 is 0. The molecule has 22 heavy (non-hydrogen) atoms. The molecule has 0 aliphatic rings. The van der Waals surface area contributed by atoms with Crippen LogP contribution >= 0.6 is 0 Å². The lowest BCUT2D eigenvalue weighted by molar-refractivity contribution is -0.268. The Labute approximate surface area is 127 Å². The fourth-order valence-electron chi connectivity index (χ4n) is 2.33. The molecule has 2 aromatic carbocycles. The van der Waals surface area contributed by atoms with E-state index in [1.165, 1.54) is 32.0 Å². The van der Waals surface area contributed by atoms with Crippen molar-refractivity contribution in [1.82, 2.24) is 0 Å². The molecule has 1 atom stereocenters. The lowest BCUT2D eigenvalue weighted by atomic mass is 9.87. The van der Waals surface area contributed by atoms with E-state index in [4.69, 9.17) is 4.74 Å². The fourth-order valence-corrected chi connectivity index (χ4v) is 2.33. The summed E-state index contributed by atoms with van der Waals surface area (Å²) in [4.78, 5) is 0. The first-order valence-corrected chi connectivity index (χ1v) is 6.91. The first kappa shape index (κ1) is 16.4. The van der Waals surface area contributed by atoms with E-state index < -0.39 is 18.2 Å². The molecule has 1 unspecified atom stereocenters. The fraction of sp³-hybridized carbons (Fsp3) is 0.294. The van der Waals surface area contributed by atoms with Crippen molar-refractivity contribution in [2.24, 2.45) is 0 Å². The molecule has 0 saturated carbocycles. The van der Waals surface area contributed by atoms with Gasteiger partial charge in [-0.2, -0.15) is 13.2 Å². The van der Waals surface area contributed by atoms with Gasteiger partial charge in [-0.15, -0.1) is 0 Å². The second-order valence-corrected chi connectivity index (χ2v) is 5.10. The van der Waals surface area contributed by atoms with E-state index in [9.17, 15) is 18.3 Å². The van der Waals surface area contributed by atoms with E-state index in [1.807, 2.05) is 6.07 Å². The predicted octanol–water partition coefficient (Wildman–Crippen LogP) is 4.95. The van der Waals surface area contributed by atoms with E-state index >= 15 is 0 Å². The van der Waals surface area contributed by atoms with Crippen LogP contribution in [0.2, 0.25) is 0 Å². The molecular formula is C17H17F3O2. The number of aliphatic hydroxyl groups is 1. The van der Waals surface area contributed by atoms with E-state index in [0.717, 1.165) is 0 Å². The minimum absolute atomic E-state index is 0.150. The van der Waals surface area contributed by atoms with Crippen LogP contribution < -0.4 is 4.74 Å². The molecule has 0 bridgehead atoms. The number of hydrogen-bond donors (Lipinski definition) is 1. The second-order valence-electron chi connectivity index (χ2n) is 5.10. The number of rotatable bonds is 4. The summed E-state index contributed by atoms with van der Waals surface area (Å²) in [6.45, 7) is 2.83. The zero-order valence-corrected chi connectivity index (χ0v) is 12.3. The number of hydrogen-bond acceptors (Lipinski definition) is 2. The van der Waals surface area contributed by atoms with Gasteiger partial charge in [0.15, 0.2) is 5.60 Å². The summed E-state index contributed by atoms with van der Waals surface area (Å²) in [5, 5.41) is 10.0. The average Bonchev–Trinajstić information content (AvgIpc) is 2.46. The van der Waals surface area contributed by atoms with Gasteiger partial charge in [-0.25, -0.2) is 0 Å². The molecule has 5 heteroatoms. The Bertz CT molecular complexity index is 638. The zero-order valence-electron chi connectivity index (χ0n) is 12.3. The topological polar surface area (TPSA) is 29.5 Å². The molecule has 0 fully saturated rings. The summed E-state index contributed by atoms with van der Waals surface area (Å²) in [7, 11) is 0. The van der Waals surface area contributed by atoms with Gasteiger partial charge in [-0.05, 0) is 48.7 Å². The molecule has 0 radical (unpaired) electrons. The highest BCUT2D eigenvalue weighted by molar-refractivity contribution is 5.41. The van der Waals surface area contributed by atoms with Crippen molar-refractivity contribution in [3.8, 4) is 11.5 Å². The van der Waals surface area contributed by atoms with E-state index in [-0.39, 0.29) is 5.56 Å². The summed E-state index contributed by atoms with van der Waals surface area (Å²) in [6.07, 6.45) is -5.18. The SMILES string of the molecule is CCC(O)(c1ccc(Oc2ccccc2)cc1C)C(F)(F)F.